The van der Waals surface area contributed by atoms with Crippen LogP contribution in [0.15, 0.2) is 6.08 Å². The summed E-state index contributed by atoms with van der Waals surface area (Å²) in [7, 11) is 0. The first-order valence-corrected chi connectivity index (χ1v) is 8.05. The predicted octanol–water partition coefficient (Wildman–Crippen LogP) is 2.79. The summed E-state index contributed by atoms with van der Waals surface area (Å²) in [6, 6.07) is 0.0320. The van der Waals surface area contributed by atoms with Crippen molar-refractivity contribution in [2.75, 3.05) is 6.61 Å². The highest BCUT2D eigenvalue weighted by Gasteiger charge is 2.12. The third-order valence-corrected chi connectivity index (χ3v) is 3.63. The molecule has 5 nitrogen and oxygen atoms in total. The lowest BCUT2D eigenvalue weighted by Gasteiger charge is -2.11. The van der Waals surface area contributed by atoms with E-state index in [0.29, 0.717) is 17.5 Å². The van der Waals surface area contributed by atoms with Crippen molar-refractivity contribution in [2.45, 2.75) is 53.1 Å². The minimum Gasteiger partial charge on any atom is -0.396 e. The molecule has 0 saturated heterocycles. The maximum Gasteiger partial charge on any atom is 0.244 e. The van der Waals surface area contributed by atoms with Crippen LogP contribution in [0.1, 0.15) is 44.9 Å². The molecular weight excluding hydrogens is 302 g/mol. The third kappa shape index (κ3) is 5.81. The van der Waals surface area contributed by atoms with Gasteiger partial charge in [-0.25, -0.2) is 0 Å². The number of hydrogen-bond acceptors (Lipinski definition) is 3. The van der Waals surface area contributed by atoms with Crippen molar-refractivity contribution in [1.82, 2.24) is 15.1 Å². The number of nitrogens with one attached hydrogen (secondary N) is 1. The van der Waals surface area contributed by atoms with Gasteiger partial charge in [0.25, 0.3) is 0 Å². The van der Waals surface area contributed by atoms with E-state index in [1.807, 2.05) is 13.8 Å². The number of nitrogens with zero attached hydrogens (tertiary/aromatic N) is 2. The Bertz CT molecular complexity index is 524. The third-order valence-electron chi connectivity index (χ3n) is 3.23. The Morgan fingerprint density at radius 1 is 1.45 bits per heavy atom. The summed E-state index contributed by atoms with van der Waals surface area (Å²) in [4.78, 5) is 11.9. The van der Waals surface area contributed by atoms with Crippen LogP contribution in [0.4, 0.5) is 0 Å². The number of halogens is 1. The van der Waals surface area contributed by atoms with Crippen molar-refractivity contribution in [1.29, 1.82) is 0 Å². The smallest absolute Gasteiger partial charge is 0.244 e. The second-order valence-electron chi connectivity index (χ2n) is 5.97. The van der Waals surface area contributed by atoms with Crippen LogP contribution in [0.5, 0.6) is 0 Å². The SMILES string of the molecule is Cc1nn(CC(C)C)c(Cl)c1/C=C/C(=O)NC(C)CCCO. The van der Waals surface area contributed by atoms with Crippen LogP contribution in [-0.2, 0) is 11.3 Å². The van der Waals surface area contributed by atoms with Gasteiger partial charge in [-0.05, 0) is 38.7 Å². The van der Waals surface area contributed by atoms with Crippen molar-refractivity contribution in [3.63, 3.8) is 0 Å². The normalized spacial score (nSPS) is 13.0. The molecule has 1 aromatic heterocycles. The minimum absolute atomic E-state index is 0.0320. The van der Waals surface area contributed by atoms with E-state index < -0.39 is 0 Å². The fourth-order valence-corrected chi connectivity index (χ4v) is 2.45. The number of aryl methyl sites for hydroxylation is 1. The Morgan fingerprint density at radius 3 is 2.73 bits per heavy atom. The zero-order valence-corrected chi connectivity index (χ0v) is 14.5. The standard InChI is InChI=1S/C16H26ClN3O2/c1-11(2)10-20-16(17)14(13(4)19-20)7-8-15(22)18-12(3)6-5-9-21/h7-8,11-12,21H,5-6,9-10H2,1-4H3,(H,18,22)/b8-7+. The fraction of sp³-hybridized carbons (Fsp3) is 0.625. The summed E-state index contributed by atoms with van der Waals surface area (Å²) in [5.41, 5.74) is 1.59. The number of hydrogen-bond donors (Lipinski definition) is 2. The Labute approximate surface area is 137 Å². The second-order valence-corrected chi connectivity index (χ2v) is 6.33. The van der Waals surface area contributed by atoms with Crippen LogP contribution in [0.25, 0.3) is 6.08 Å². The second kappa shape index (κ2) is 8.96. The van der Waals surface area contributed by atoms with Crippen LogP contribution in [-0.4, -0.2) is 33.4 Å². The molecule has 1 aromatic rings. The maximum atomic E-state index is 11.9. The zero-order chi connectivity index (χ0) is 16.7. The molecule has 1 atom stereocenters. The van der Waals surface area contributed by atoms with Crippen LogP contribution < -0.4 is 5.32 Å². The van der Waals surface area contributed by atoms with Gasteiger partial charge in [-0.2, -0.15) is 5.10 Å². The maximum absolute atomic E-state index is 11.9. The lowest BCUT2D eigenvalue weighted by Crippen LogP contribution is -2.31. The molecule has 0 spiro atoms. The van der Waals surface area contributed by atoms with Gasteiger partial charge < -0.3 is 10.4 Å². The number of carbonyl (C=O) groups excluding carboxylic acids is 1. The lowest BCUT2D eigenvalue weighted by atomic mass is 10.2. The first-order valence-electron chi connectivity index (χ1n) is 7.67. The highest BCUT2D eigenvalue weighted by Crippen LogP contribution is 2.22. The van der Waals surface area contributed by atoms with E-state index in [9.17, 15) is 4.79 Å². The molecule has 0 aliphatic rings. The molecule has 0 radical (unpaired) electrons. The largest absolute Gasteiger partial charge is 0.396 e. The molecule has 1 unspecified atom stereocenters. The van der Waals surface area contributed by atoms with E-state index in [1.54, 1.807) is 10.8 Å². The molecule has 0 saturated carbocycles. The Hall–Kier alpha value is -1.33. The highest BCUT2D eigenvalue weighted by atomic mass is 35.5. The van der Waals surface area contributed by atoms with Crippen LogP contribution in [0.3, 0.4) is 0 Å². The van der Waals surface area contributed by atoms with Crippen molar-refractivity contribution in [3.8, 4) is 0 Å². The summed E-state index contributed by atoms with van der Waals surface area (Å²) in [6.07, 6.45) is 4.61. The van der Waals surface area contributed by atoms with E-state index in [0.717, 1.165) is 24.2 Å². The number of rotatable bonds is 8. The molecule has 0 fully saturated rings. The molecule has 124 valence electrons. The molecule has 1 rings (SSSR count). The van der Waals surface area contributed by atoms with Gasteiger partial charge in [-0.1, -0.05) is 25.4 Å². The number of aromatic nitrogens is 2. The molecular formula is C16H26ClN3O2. The van der Waals surface area contributed by atoms with Gasteiger partial charge in [0.1, 0.15) is 5.15 Å². The van der Waals surface area contributed by atoms with E-state index >= 15 is 0 Å². The highest BCUT2D eigenvalue weighted by molar-refractivity contribution is 6.31. The monoisotopic (exact) mass is 327 g/mol. The Balaban J connectivity index is 2.69. The number of carbonyl (C=O) groups is 1. The Kier molecular flexibility index (Phi) is 7.62. The summed E-state index contributed by atoms with van der Waals surface area (Å²) in [5, 5.41) is 16.6. The molecule has 0 bridgehead atoms. The average Bonchev–Trinajstić information content (AvgIpc) is 2.68. The minimum atomic E-state index is -0.169. The van der Waals surface area contributed by atoms with Crippen molar-refractivity contribution in [2.24, 2.45) is 5.92 Å². The van der Waals surface area contributed by atoms with Crippen molar-refractivity contribution < 1.29 is 9.90 Å². The van der Waals surface area contributed by atoms with Gasteiger partial charge in [0.2, 0.25) is 5.91 Å². The topological polar surface area (TPSA) is 67.2 Å². The van der Waals surface area contributed by atoms with Gasteiger partial charge in [-0.15, -0.1) is 0 Å². The van der Waals surface area contributed by atoms with E-state index in [2.05, 4.69) is 24.3 Å². The molecule has 2 N–H and O–H groups in total. The molecule has 0 aromatic carbocycles. The van der Waals surface area contributed by atoms with Crippen molar-refractivity contribution in [3.05, 3.63) is 22.5 Å². The summed E-state index contributed by atoms with van der Waals surface area (Å²) in [5.74, 6) is 0.279. The zero-order valence-electron chi connectivity index (χ0n) is 13.8. The molecule has 6 heteroatoms. The quantitative estimate of drug-likeness (QED) is 0.721. The lowest BCUT2D eigenvalue weighted by molar-refractivity contribution is -0.117. The first-order chi connectivity index (χ1) is 10.3. The van der Waals surface area contributed by atoms with Crippen LogP contribution >= 0.6 is 11.6 Å². The summed E-state index contributed by atoms with van der Waals surface area (Å²) < 4.78 is 1.77. The predicted molar refractivity (Wildman–Crippen MR) is 89.8 cm³/mol. The fourth-order valence-electron chi connectivity index (χ4n) is 2.14. The summed E-state index contributed by atoms with van der Waals surface area (Å²) in [6.45, 7) is 8.89. The van der Waals surface area contributed by atoms with Gasteiger partial charge in [-0.3, -0.25) is 9.48 Å². The van der Waals surface area contributed by atoms with E-state index in [1.165, 1.54) is 6.08 Å². The van der Waals surface area contributed by atoms with E-state index in [4.69, 9.17) is 16.7 Å². The van der Waals surface area contributed by atoms with E-state index in [-0.39, 0.29) is 18.6 Å². The molecule has 1 heterocycles. The number of aliphatic hydroxyl groups is 1. The molecule has 22 heavy (non-hydrogen) atoms. The van der Waals surface area contributed by atoms with Gasteiger partial charge in [0.15, 0.2) is 0 Å². The molecule has 0 aliphatic carbocycles. The Morgan fingerprint density at radius 2 is 2.14 bits per heavy atom. The van der Waals surface area contributed by atoms with Crippen molar-refractivity contribution >= 4 is 23.6 Å². The summed E-state index contributed by atoms with van der Waals surface area (Å²) >= 11 is 6.32. The van der Waals surface area contributed by atoms with Crippen LogP contribution in [0, 0.1) is 12.8 Å². The van der Waals surface area contributed by atoms with Gasteiger partial charge >= 0.3 is 0 Å². The molecule has 1 amide bonds. The van der Waals surface area contributed by atoms with Gasteiger partial charge in [0.05, 0.1) is 5.69 Å². The molecule has 0 aliphatic heterocycles. The van der Waals surface area contributed by atoms with Gasteiger partial charge in [0, 0.05) is 30.8 Å². The number of aliphatic hydroxyl groups excluding tert-OH is 1. The number of amides is 1. The average molecular weight is 328 g/mol. The van der Waals surface area contributed by atoms with Crippen LogP contribution in [0.2, 0.25) is 5.15 Å². The first kappa shape index (κ1) is 18.7.